The third-order valence-electron chi connectivity index (χ3n) is 10.6. The molecule has 8 N–H and O–H groups in total. The van der Waals surface area contributed by atoms with Crippen molar-refractivity contribution in [1.29, 1.82) is 0 Å². The van der Waals surface area contributed by atoms with E-state index in [-0.39, 0.29) is 54.0 Å². The van der Waals surface area contributed by atoms with Gasteiger partial charge in [0.1, 0.15) is 47.7 Å². The van der Waals surface area contributed by atoms with E-state index in [2.05, 4.69) is 31.2 Å². The fourth-order valence-corrected chi connectivity index (χ4v) is 7.54. The van der Waals surface area contributed by atoms with Crippen LogP contribution in [0.15, 0.2) is 48.9 Å². The van der Waals surface area contributed by atoms with Gasteiger partial charge in [0.15, 0.2) is 5.65 Å². The van der Waals surface area contributed by atoms with Gasteiger partial charge in [-0.3, -0.25) is 38.6 Å². The molecule has 0 spiro atoms. The molecule has 3 aliphatic rings. The number of nitrogens with two attached hydrogens (primary N) is 2. The van der Waals surface area contributed by atoms with Crippen molar-refractivity contribution in [3.63, 3.8) is 0 Å². The van der Waals surface area contributed by atoms with Gasteiger partial charge in [-0.15, -0.1) is 0 Å². The first-order valence-corrected chi connectivity index (χ1v) is 20.2. The summed E-state index contributed by atoms with van der Waals surface area (Å²) in [6, 6.07) is 9.17. The maximum atomic E-state index is 13.2. The van der Waals surface area contributed by atoms with Gasteiger partial charge in [-0.1, -0.05) is 18.9 Å². The van der Waals surface area contributed by atoms with Crippen LogP contribution in [0.25, 0.3) is 5.65 Å². The smallest absolute Gasteiger partial charge is 0.264 e. The summed E-state index contributed by atoms with van der Waals surface area (Å²) in [5, 5.41) is 11.9. The fourth-order valence-electron chi connectivity index (χ4n) is 7.54. The molecule has 4 heterocycles. The second-order valence-electron chi connectivity index (χ2n) is 14.7. The van der Waals surface area contributed by atoms with Gasteiger partial charge in [0.05, 0.1) is 64.1 Å². The van der Waals surface area contributed by atoms with E-state index >= 15 is 0 Å². The minimum Gasteiger partial charge on any atom is -0.497 e. The Morgan fingerprint density at radius 2 is 1.66 bits per heavy atom. The van der Waals surface area contributed by atoms with E-state index in [9.17, 15) is 24.0 Å². The van der Waals surface area contributed by atoms with Crippen LogP contribution in [0.2, 0.25) is 0 Å². The molecule has 1 unspecified atom stereocenters. The monoisotopic (exact) mass is 842 g/mol. The van der Waals surface area contributed by atoms with E-state index < -0.39 is 35.6 Å². The van der Waals surface area contributed by atoms with Gasteiger partial charge in [0.2, 0.25) is 11.8 Å². The number of methoxy groups -OCH3 is 1. The van der Waals surface area contributed by atoms with E-state index in [1.807, 2.05) is 0 Å². The van der Waals surface area contributed by atoms with Crippen LogP contribution in [0.4, 0.5) is 23.0 Å². The molecule has 324 valence electrons. The first-order chi connectivity index (χ1) is 29.6. The molecule has 0 radical (unpaired) electrons. The number of nitrogens with one attached hydrogen (secondary N) is 4. The second kappa shape index (κ2) is 19.8. The molecule has 3 atom stereocenters. The van der Waals surface area contributed by atoms with Crippen molar-refractivity contribution in [1.82, 2.24) is 24.6 Å². The molecule has 2 aromatic carbocycles. The van der Waals surface area contributed by atoms with Gasteiger partial charge in [-0.2, -0.15) is 0 Å². The molecular formula is C41H50N10O10. The molecule has 2 fully saturated rings. The number of imidazole rings is 1. The number of imide groups is 2. The maximum Gasteiger partial charge on any atom is 0.264 e. The minimum atomic E-state index is -1.03. The van der Waals surface area contributed by atoms with Crippen molar-refractivity contribution in [3.05, 3.63) is 65.6 Å². The number of carbonyl (C=O) groups is 5. The summed E-state index contributed by atoms with van der Waals surface area (Å²) in [4.78, 5) is 72.9. The van der Waals surface area contributed by atoms with Crippen LogP contribution < -0.4 is 42.2 Å². The molecule has 20 heteroatoms. The van der Waals surface area contributed by atoms with Gasteiger partial charge in [-0.25, -0.2) is 9.97 Å². The molecule has 1 saturated carbocycles. The van der Waals surface area contributed by atoms with Gasteiger partial charge >= 0.3 is 0 Å². The second-order valence-corrected chi connectivity index (χ2v) is 14.7. The lowest BCUT2D eigenvalue weighted by Crippen LogP contribution is -2.54. The summed E-state index contributed by atoms with van der Waals surface area (Å²) in [5.41, 5.74) is 14.0. The van der Waals surface area contributed by atoms with Gasteiger partial charge < -0.3 is 51.1 Å². The van der Waals surface area contributed by atoms with Gasteiger partial charge in [0.25, 0.3) is 17.7 Å². The summed E-state index contributed by atoms with van der Waals surface area (Å²) in [5.74, 6) is -1.10. The lowest BCUT2D eigenvalue weighted by molar-refractivity contribution is -0.136. The predicted octanol–water partition coefficient (Wildman–Crippen LogP) is 2.20. The molecule has 0 bridgehead atoms. The van der Waals surface area contributed by atoms with Crippen LogP contribution >= 0.6 is 0 Å². The molecule has 2 aromatic heterocycles. The van der Waals surface area contributed by atoms with E-state index in [1.54, 1.807) is 53.3 Å². The lowest BCUT2D eigenvalue weighted by Gasteiger charge is -2.29. The molecule has 5 amide bonds. The van der Waals surface area contributed by atoms with Crippen molar-refractivity contribution >= 4 is 58.2 Å². The summed E-state index contributed by atoms with van der Waals surface area (Å²) in [6.07, 6.45) is 7.54. The van der Waals surface area contributed by atoms with Crippen LogP contribution in [-0.4, -0.2) is 127 Å². The summed E-state index contributed by atoms with van der Waals surface area (Å²) in [6.45, 7) is 2.52. The number of primary amides is 1. The Morgan fingerprint density at radius 1 is 0.918 bits per heavy atom. The molecular weight excluding hydrogens is 793 g/mol. The Labute approximate surface area is 350 Å². The fraction of sp³-hybridized carbons (Fsp3) is 0.439. The number of rotatable bonds is 21. The zero-order valence-electron chi connectivity index (χ0n) is 33.8. The van der Waals surface area contributed by atoms with Crippen LogP contribution in [0, 0.1) is 0 Å². The molecule has 7 rings (SSSR count). The molecule has 2 aliphatic heterocycles. The number of hydrogen-bond acceptors (Lipinski definition) is 16. The third kappa shape index (κ3) is 10.2. The quantitative estimate of drug-likeness (QED) is 0.0519. The highest BCUT2D eigenvalue weighted by molar-refractivity contribution is 6.25. The Kier molecular flexibility index (Phi) is 13.9. The highest BCUT2D eigenvalue weighted by Crippen LogP contribution is 2.33. The summed E-state index contributed by atoms with van der Waals surface area (Å²) in [7, 11) is 1.54. The largest absolute Gasteiger partial charge is 0.497 e. The van der Waals surface area contributed by atoms with Crippen molar-refractivity contribution in [2.75, 3.05) is 75.9 Å². The maximum absolute atomic E-state index is 13.2. The Bertz CT molecular complexity index is 2270. The minimum absolute atomic E-state index is 0.0238. The number of ether oxygens (including phenoxy) is 5. The van der Waals surface area contributed by atoms with E-state index in [4.69, 9.17) is 35.2 Å². The highest BCUT2D eigenvalue weighted by atomic mass is 16.6. The van der Waals surface area contributed by atoms with E-state index in [0.29, 0.717) is 80.5 Å². The highest BCUT2D eigenvalue weighted by Gasteiger charge is 2.45. The number of anilines is 4. The van der Waals surface area contributed by atoms with Crippen molar-refractivity contribution in [3.8, 4) is 11.5 Å². The molecule has 61 heavy (non-hydrogen) atoms. The van der Waals surface area contributed by atoms with E-state index in [0.717, 1.165) is 30.6 Å². The topological polar surface area (TPSA) is 265 Å². The van der Waals surface area contributed by atoms with Gasteiger partial charge in [0, 0.05) is 54.6 Å². The number of piperidine rings is 1. The number of carbonyl (C=O) groups excluding carboxylic acids is 5. The van der Waals surface area contributed by atoms with Gasteiger partial charge in [-0.05, 0) is 31.4 Å². The van der Waals surface area contributed by atoms with Crippen molar-refractivity contribution in [2.45, 2.75) is 56.7 Å². The van der Waals surface area contributed by atoms with Crippen molar-refractivity contribution < 1.29 is 47.7 Å². The van der Waals surface area contributed by atoms with Crippen LogP contribution in [0.5, 0.6) is 11.5 Å². The predicted molar refractivity (Wildman–Crippen MR) is 221 cm³/mol. The number of hydrogen-bond donors (Lipinski definition) is 6. The van der Waals surface area contributed by atoms with E-state index in [1.165, 1.54) is 7.11 Å². The normalized spacial score (nSPS) is 18.9. The standard InChI is InChI=1S/C41H50N10O10/c1-57-25-19-24(46-37-35(36(43)53)38-48-32(22-50(38)23-45-37)47-29-7-3-2-6-28(29)42)20-26(21-25)61-18-17-60-16-15-59-14-13-58-12-11-44-30-8-4-5-27-34(30)41(56)51(40(27)55)31-9-10-33(52)49-39(31)54/h4-5,8,19-23,28-29,31,44,46-47H,2-3,6-7,9-18,42H2,1H3,(H2,43,53)(H,49,52,54)/t28-,29+,31?/m1/s1. The Morgan fingerprint density at radius 3 is 2.39 bits per heavy atom. The lowest BCUT2D eigenvalue weighted by atomic mass is 9.91. The molecule has 20 nitrogen and oxygen atoms in total. The van der Waals surface area contributed by atoms with Crippen LogP contribution in [0.3, 0.4) is 0 Å². The molecule has 1 saturated heterocycles. The summed E-state index contributed by atoms with van der Waals surface area (Å²) < 4.78 is 30.0. The Balaban J connectivity index is 0.797. The van der Waals surface area contributed by atoms with Crippen LogP contribution in [-0.2, 0) is 23.8 Å². The van der Waals surface area contributed by atoms with Crippen molar-refractivity contribution in [2.24, 2.45) is 11.5 Å². The zero-order valence-corrected chi connectivity index (χ0v) is 33.8. The number of benzene rings is 2. The number of fused-ring (bicyclic) bond motifs is 2. The summed E-state index contributed by atoms with van der Waals surface area (Å²) >= 11 is 0. The SMILES string of the molecule is COc1cc(Nc2ncn3cc(N[C@H]4CCCC[C@H]4N)nc3c2C(N)=O)cc(OCCOCCOCCOCCNc2cccc3c2C(=O)N(C2CCC(=O)NC2=O)C3=O)c1. The number of nitrogens with zero attached hydrogens (tertiary/aromatic N) is 4. The molecule has 1 aliphatic carbocycles. The third-order valence-corrected chi connectivity index (χ3v) is 10.6. The number of amides is 5. The molecule has 4 aromatic rings. The zero-order chi connectivity index (χ0) is 42.9. The first kappa shape index (κ1) is 42.8. The average molecular weight is 843 g/mol. The van der Waals surface area contributed by atoms with Crippen LogP contribution in [0.1, 0.15) is 69.6 Å². The first-order valence-electron chi connectivity index (χ1n) is 20.2. The average Bonchev–Trinajstić information content (AvgIpc) is 3.77. The number of aromatic nitrogens is 3. The Hall–Kier alpha value is -6.35.